The summed E-state index contributed by atoms with van der Waals surface area (Å²) in [6.07, 6.45) is -17.6. The molecule has 1 aromatic heterocycles. The van der Waals surface area contributed by atoms with Crippen LogP contribution in [0, 0.1) is 0 Å². The lowest BCUT2D eigenvalue weighted by molar-refractivity contribution is -0.301. The predicted octanol–water partition coefficient (Wildman–Crippen LogP) is 1.14. The van der Waals surface area contributed by atoms with Gasteiger partial charge in [0.1, 0.15) is 66.4 Å². The van der Waals surface area contributed by atoms with Gasteiger partial charge in [0.25, 0.3) is 0 Å². The number of phenols is 1. The number of phenolic OH excluding ortho intramolecular Hbond substituents is 1. The standard InChI is InChI=1S/C63H76F6N10O15/c1-3-4-14-44(76-57(89)45(25-34-11-6-5-7-12-34)75-50(82)30-73-54(86)33(2)74-55(87)42(70)24-35-17-19-40(81)20-18-35)60(92)79-21-10-16-48(79)59(91)78-47(32-93-61-53(85)52(84)51(83)49(31-80)94-61)58(90)77-46(26-37-29-71-43-15-9-8-13-41(37)43)56(88)72-28-36-22-38(62(64,65)66)27-39(23-36)63(67,68)69/h5-9,11-13,15,17-20,22-23,27,29,33,42,44-49,51-53,61,71,80-81,83-85H,3-4,10,14,16,21,24-26,28,30-32,70H2,1-2H3,(H,72,88)(H,73,86)(H,74,87)(H,75,82)(H,76,89)(H,77,90)(H,78,91)/t33-,42+,44+,45+,46+,47+,48+,49-,51-,52+,53-,61?/m1/s1. The number of H-pyrrole nitrogens is 1. The fourth-order valence-corrected chi connectivity index (χ4v) is 10.7. The minimum absolute atomic E-state index is 0.0174. The van der Waals surface area contributed by atoms with E-state index in [2.05, 4.69) is 42.2 Å². The summed E-state index contributed by atoms with van der Waals surface area (Å²) >= 11 is 0. The molecule has 2 saturated heterocycles. The van der Waals surface area contributed by atoms with Crippen molar-refractivity contribution in [2.45, 2.75) is 157 Å². The molecule has 7 rings (SSSR count). The number of benzene rings is 4. The number of alkyl halides is 6. The molecular weight excluding hydrogens is 1250 g/mol. The Kier molecular flexibility index (Phi) is 25.5. The number of unbranched alkanes of at least 4 members (excludes halogenated alkanes) is 1. The highest BCUT2D eigenvalue weighted by molar-refractivity contribution is 5.98. The largest absolute Gasteiger partial charge is 0.508 e. The average Bonchev–Trinajstić information content (AvgIpc) is 1.13. The average molecular weight is 1330 g/mol. The second-order valence-electron chi connectivity index (χ2n) is 23.0. The van der Waals surface area contributed by atoms with E-state index in [1.165, 1.54) is 25.3 Å². The smallest absolute Gasteiger partial charge is 0.416 e. The lowest BCUT2D eigenvalue weighted by Crippen LogP contribution is -2.61. The molecule has 2 aliphatic heterocycles. The number of carbonyl (C=O) groups is 8. The first-order valence-corrected chi connectivity index (χ1v) is 30.2. The van der Waals surface area contributed by atoms with Crippen molar-refractivity contribution in [2.75, 3.05) is 26.3 Å². The second-order valence-corrected chi connectivity index (χ2v) is 23.0. The quantitative estimate of drug-likeness (QED) is 0.0299. The van der Waals surface area contributed by atoms with Crippen molar-refractivity contribution in [1.29, 1.82) is 0 Å². The van der Waals surface area contributed by atoms with Crippen LogP contribution in [-0.2, 0) is 86.0 Å². The van der Waals surface area contributed by atoms with Gasteiger partial charge in [0.2, 0.25) is 47.3 Å². The Balaban J connectivity index is 1.09. The molecule has 2 aliphatic rings. The van der Waals surface area contributed by atoms with E-state index in [-0.39, 0.29) is 50.5 Å². The van der Waals surface area contributed by atoms with Gasteiger partial charge in [-0.05, 0) is 91.3 Å². The number of halogens is 6. The number of amides is 8. The van der Waals surface area contributed by atoms with E-state index in [4.69, 9.17) is 15.2 Å². The molecule has 3 heterocycles. The Morgan fingerprint density at radius 2 is 1.32 bits per heavy atom. The lowest BCUT2D eigenvalue weighted by Gasteiger charge is -2.40. The summed E-state index contributed by atoms with van der Waals surface area (Å²) in [6.45, 7) is -0.337. The van der Waals surface area contributed by atoms with Crippen molar-refractivity contribution in [3.8, 4) is 5.75 Å². The first-order chi connectivity index (χ1) is 44.5. The van der Waals surface area contributed by atoms with Gasteiger partial charge < -0.3 is 87.8 Å². The van der Waals surface area contributed by atoms with Crippen molar-refractivity contribution in [2.24, 2.45) is 5.73 Å². The summed E-state index contributed by atoms with van der Waals surface area (Å²) in [5.41, 5.74) is 4.31. The van der Waals surface area contributed by atoms with Gasteiger partial charge in [0.15, 0.2) is 6.29 Å². The van der Waals surface area contributed by atoms with E-state index >= 15 is 0 Å². The summed E-state index contributed by atoms with van der Waals surface area (Å²) in [5.74, 6) is -7.22. The number of likely N-dealkylation sites (tertiary alicyclic amines) is 1. The fraction of sp³-hybridized carbons (Fsp3) is 0.460. The van der Waals surface area contributed by atoms with Crippen molar-refractivity contribution in [3.63, 3.8) is 0 Å². The molecule has 0 saturated carbocycles. The van der Waals surface area contributed by atoms with Gasteiger partial charge in [-0.3, -0.25) is 38.4 Å². The topological polar surface area (TPSA) is 385 Å². The molecule has 0 aliphatic carbocycles. The van der Waals surface area contributed by atoms with Gasteiger partial charge in [0, 0.05) is 43.0 Å². The second kappa shape index (κ2) is 32.9. The van der Waals surface area contributed by atoms with Crippen LogP contribution < -0.4 is 43.0 Å². The highest BCUT2D eigenvalue weighted by atomic mass is 19.4. The molecule has 94 heavy (non-hydrogen) atoms. The number of nitrogens with two attached hydrogens (primary N) is 1. The lowest BCUT2D eigenvalue weighted by atomic mass is 9.99. The van der Waals surface area contributed by atoms with Gasteiger partial charge in [-0.25, -0.2) is 0 Å². The van der Waals surface area contributed by atoms with Gasteiger partial charge in [-0.15, -0.1) is 0 Å². The number of aromatic hydroxyl groups is 1. The number of aliphatic hydroxyl groups excluding tert-OH is 4. The Hall–Kier alpha value is -8.72. The van der Waals surface area contributed by atoms with Crippen molar-refractivity contribution in [1.82, 2.24) is 47.1 Å². The number of aromatic nitrogens is 1. The number of aliphatic hydroxyl groups is 4. The number of ether oxygens (including phenoxy) is 2. The van der Waals surface area contributed by atoms with E-state index in [1.54, 1.807) is 66.7 Å². The van der Waals surface area contributed by atoms with Gasteiger partial charge in [-0.2, -0.15) is 26.3 Å². The van der Waals surface area contributed by atoms with Crippen molar-refractivity contribution < 1.29 is 99.7 Å². The fourth-order valence-electron chi connectivity index (χ4n) is 10.7. The van der Waals surface area contributed by atoms with E-state index in [1.807, 2.05) is 6.92 Å². The molecule has 0 spiro atoms. The number of nitrogens with zero attached hydrogens (tertiary/aromatic N) is 1. The first kappa shape index (κ1) is 72.7. The highest BCUT2D eigenvalue weighted by Gasteiger charge is 2.46. The maximum absolute atomic E-state index is 14.8. The third kappa shape index (κ3) is 19.9. The number of nitrogens with one attached hydrogen (secondary N) is 8. The van der Waals surface area contributed by atoms with Crippen molar-refractivity contribution in [3.05, 3.63) is 137 Å². The monoisotopic (exact) mass is 1330 g/mol. The Bertz CT molecular complexity index is 3400. The molecule has 8 amide bonds. The molecular formula is C63H76F6N10O15. The van der Waals surface area contributed by atoms with Crippen molar-refractivity contribution >= 4 is 58.2 Å². The number of aromatic amines is 1. The maximum atomic E-state index is 14.8. The Labute approximate surface area is 534 Å². The summed E-state index contributed by atoms with van der Waals surface area (Å²) in [7, 11) is 0. The summed E-state index contributed by atoms with van der Waals surface area (Å²) in [4.78, 5) is 117. The van der Waals surface area contributed by atoms with Crippen LogP contribution in [0.5, 0.6) is 5.75 Å². The highest BCUT2D eigenvalue weighted by Crippen LogP contribution is 2.36. The third-order valence-corrected chi connectivity index (χ3v) is 15.9. The third-order valence-electron chi connectivity index (χ3n) is 15.9. The number of hydrogen-bond acceptors (Lipinski definition) is 16. The molecule has 1 unspecified atom stereocenters. The van der Waals surface area contributed by atoms with E-state index < -0.39 is 182 Å². The molecule has 31 heteroatoms. The molecule has 2 fully saturated rings. The predicted molar refractivity (Wildman–Crippen MR) is 323 cm³/mol. The van der Waals surface area contributed by atoms with Crippen LogP contribution >= 0.6 is 0 Å². The minimum atomic E-state index is -5.23. The van der Waals surface area contributed by atoms with E-state index in [0.29, 0.717) is 52.6 Å². The zero-order chi connectivity index (χ0) is 68.6. The van der Waals surface area contributed by atoms with Crippen LogP contribution in [0.25, 0.3) is 10.9 Å². The Morgan fingerprint density at radius 1 is 0.691 bits per heavy atom. The van der Waals surface area contributed by atoms with Crippen LogP contribution in [0.4, 0.5) is 26.3 Å². The number of rotatable bonds is 29. The zero-order valence-electron chi connectivity index (χ0n) is 51.0. The molecule has 12 atom stereocenters. The van der Waals surface area contributed by atoms with E-state index in [9.17, 15) is 90.2 Å². The SMILES string of the molecule is CCCC[C@H](NC(=O)[C@H](Cc1ccccc1)NC(=O)CNC(=O)[C@@H](C)NC(=O)[C@@H](N)Cc1ccc(O)cc1)C(=O)N1CCC[C@H]1C(=O)N[C@@H](COC1O[C@H](CO)[C@@H](O)[C@H](O)[C@H]1O)C(=O)N[C@@H](Cc1c[nH]c2ccccc12)C(=O)NCc1cc(C(F)(F)F)cc(C(F)(F)F)c1. The van der Waals surface area contributed by atoms with Crippen LogP contribution in [0.15, 0.2) is 103 Å². The van der Waals surface area contributed by atoms with Crippen LogP contribution in [0.1, 0.15) is 79.3 Å². The number of para-hydroxylation sites is 1. The van der Waals surface area contributed by atoms with Crippen LogP contribution in [0.2, 0.25) is 0 Å². The Morgan fingerprint density at radius 3 is 1.98 bits per heavy atom. The first-order valence-electron chi connectivity index (χ1n) is 30.2. The molecule has 15 N–H and O–H groups in total. The number of hydrogen-bond donors (Lipinski definition) is 14. The van der Waals surface area contributed by atoms with Gasteiger partial charge in [-0.1, -0.05) is 80.4 Å². The molecule has 0 radical (unpaired) electrons. The zero-order valence-corrected chi connectivity index (χ0v) is 51.0. The van der Waals surface area contributed by atoms with E-state index in [0.717, 1.165) is 4.90 Å². The van der Waals surface area contributed by atoms with Crippen LogP contribution in [-0.4, -0.2) is 182 Å². The van der Waals surface area contributed by atoms with Gasteiger partial charge >= 0.3 is 12.4 Å². The molecule has 25 nitrogen and oxygen atoms in total. The summed E-state index contributed by atoms with van der Waals surface area (Å²) in [6, 6.07) is 11.9. The summed E-state index contributed by atoms with van der Waals surface area (Å²) < 4.78 is 94.3. The molecule has 5 aromatic rings. The van der Waals surface area contributed by atoms with Crippen LogP contribution in [0.3, 0.4) is 0 Å². The number of fused-ring (bicyclic) bond motifs is 1. The molecule has 510 valence electrons. The number of carbonyl (C=O) groups excluding carboxylic acids is 8. The summed E-state index contributed by atoms with van der Waals surface area (Å²) in [5, 5.41) is 69.4. The minimum Gasteiger partial charge on any atom is -0.508 e. The molecule has 0 bridgehead atoms. The van der Waals surface area contributed by atoms with Gasteiger partial charge in [0.05, 0.1) is 36.9 Å². The molecule has 4 aromatic carbocycles. The maximum Gasteiger partial charge on any atom is 0.416 e. The normalized spacial score (nSPS) is 20.2.